The number of aromatic nitrogens is 2. The van der Waals surface area contributed by atoms with Gasteiger partial charge in [0.15, 0.2) is 0 Å². The number of likely N-dealkylation sites (N-methyl/N-ethyl adjacent to an activating group) is 1. The molecule has 3 heteroatoms. The predicted octanol–water partition coefficient (Wildman–Crippen LogP) is 2.97. The highest BCUT2D eigenvalue weighted by Gasteiger charge is 2.12. The van der Waals surface area contributed by atoms with Gasteiger partial charge in [-0.3, -0.25) is 0 Å². The molecule has 1 unspecified atom stereocenters. The molecule has 2 rings (SSSR count). The van der Waals surface area contributed by atoms with Crippen LogP contribution in [0.5, 0.6) is 0 Å². The molecule has 2 aromatic rings. The lowest BCUT2D eigenvalue weighted by Crippen LogP contribution is -2.34. The summed E-state index contributed by atoms with van der Waals surface area (Å²) in [5, 5.41) is 3.59. The maximum atomic E-state index is 4.49. The molecular weight excluding hydrogens is 246 g/mol. The average molecular weight is 271 g/mol. The smallest absolute Gasteiger partial charge is 0.110 e. The number of rotatable bonds is 7. The fourth-order valence-electron chi connectivity index (χ4n) is 2.67. The quantitative estimate of drug-likeness (QED) is 0.839. The van der Waals surface area contributed by atoms with E-state index in [2.05, 4.69) is 66.1 Å². The zero-order valence-electron chi connectivity index (χ0n) is 12.8. The molecular formula is C17H25N3. The van der Waals surface area contributed by atoms with Gasteiger partial charge in [-0.1, -0.05) is 36.8 Å². The monoisotopic (exact) mass is 271 g/mol. The van der Waals surface area contributed by atoms with E-state index in [1.165, 1.54) is 17.0 Å². The van der Waals surface area contributed by atoms with E-state index >= 15 is 0 Å². The predicted molar refractivity (Wildman–Crippen MR) is 84.0 cm³/mol. The van der Waals surface area contributed by atoms with Gasteiger partial charge in [-0.2, -0.15) is 0 Å². The lowest BCUT2D eigenvalue weighted by molar-refractivity contribution is 0.499. The molecule has 3 nitrogen and oxygen atoms in total. The standard InChI is InChI=1S/C17H25N3/c1-4-18-16(12-15-8-6-7-14(3)11-15)13-17-19-9-10-20(17)5-2/h6-11,16,18H,4-5,12-13H2,1-3H3. The molecule has 0 amide bonds. The third-order valence-corrected chi connectivity index (χ3v) is 3.63. The first-order valence-corrected chi connectivity index (χ1v) is 7.51. The molecule has 0 fully saturated rings. The molecule has 0 aliphatic rings. The molecule has 1 aromatic heterocycles. The molecule has 0 bridgehead atoms. The minimum absolute atomic E-state index is 0.439. The second-order valence-electron chi connectivity index (χ2n) is 5.28. The highest BCUT2D eigenvalue weighted by molar-refractivity contribution is 5.23. The van der Waals surface area contributed by atoms with Gasteiger partial charge in [0.25, 0.3) is 0 Å². The molecule has 0 saturated heterocycles. The van der Waals surface area contributed by atoms with Crippen LogP contribution in [0, 0.1) is 6.92 Å². The fourth-order valence-corrected chi connectivity index (χ4v) is 2.67. The van der Waals surface area contributed by atoms with Crippen molar-refractivity contribution >= 4 is 0 Å². The van der Waals surface area contributed by atoms with E-state index in [0.717, 1.165) is 25.9 Å². The fraction of sp³-hybridized carbons (Fsp3) is 0.471. The van der Waals surface area contributed by atoms with Crippen molar-refractivity contribution < 1.29 is 0 Å². The van der Waals surface area contributed by atoms with Crippen LogP contribution in [-0.4, -0.2) is 22.1 Å². The van der Waals surface area contributed by atoms with Crippen LogP contribution in [-0.2, 0) is 19.4 Å². The van der Waals surface area contributed by atoms with Crippen LogP contribution in [0.25, 0.3) is 0 Å². The van der Waals surface area contributed by atoms with Gasteiger partial charge in [-0.25, -0.2) is 4.98 Å². The van der Waals surface area contributed by atoms with Crippen LogP contribution >= 0.6 is 0 Å². The number of aryl methyl sites for hydroxylation is 2. The number of imidazole rings is 1. The lowest BCUT2D eigenvalue weighted by Gasteiger charge is -2.18. The number of benzene rings is 1. The molecule has 1 atom stereocenters. The van der Waals surface area contributed by atoms with Crippen molar-refractivity contribution in [2.75, 3.05) is 6.54 Å². The van der Waals surface area contributed by atoms with Crippen LogP contribution in [0.3, 0.4) is 0 Å². The molecule has 0 aliphatic carbocycles. The Bertz CT molecular complexity index is 531. The lowest BCUT2D eigenvalue weighted by atomic mass is 10.0. The van der Waals surface area contributed by atoms with Crippen molar-refractivity contribution in [1.82, 2.24) is 14.9 Å². The zero-order valence-corrected chi connectivity index (χ0v) is 12.8. The van der Waals surface area contributed by atoms with Crippen LogP contribution in [0.4, 0.5) is 0 Å². The molecule has 0 spiro atoms. The van der Waals surface area contributed by atoms with Crippen molar-refractivity contribution in [3.05, 3.63) is 53.6 Å². The van der Waals surface area contributed by atoms with Gasteiger partial charge in [-0.05, 0) is 32.4 Å². The Morgan fingerprint density at radius 3 is 2.80 bits per heavy atom. The highest BCUT2D eigenvalue weighted by atomic mass is 15.1. The summed E-state index contributed by atoms with van der Waals surface area (Å²) in [4.78, 5) is 4.49. The summed E-state index contributed by atoms with van der Waals surface area (Å²) >= 11 is 0. The van der Waals surface area contributed by atoms with Crippen LogP contribution < -0.4 is 5.32 Å². The average Bonchev–Trinajstić information content (AvgIpc) is 2.86. The molecule has 108 valence electrons. The summed E-state index contributed by atoms with van der Waals surface area (Å²) in [6, 6.07) is 9.21. The first kappa shape index (κ1) is 14.8. The first-order chi connectivity index (χ1) is 9.72. The summed E-state index contributed by atoms with van der Waals surface area (Å²) in [5.74, 6) is 1.17. The van der Waals surface area contributed by atoms with E-state index in [4.69, 9.17) is 0 Å². The van der Waals surface area contributed by atoms with Gasteiger partial charge in [0.05, 0.1) is 0 Å². The van der Waals surface area contributed by atoms with E-state index in [9.17, 15) is 0 Å². The van der Waals surface area contributed by atoms with E-state index in [1.807, 2.05) is 6.20 Å². The van der Waals surface area contributed by atoms with Crippen LogP contribution in [0.15, 0.2) is 36.7 Å². The van der Waals surface area contributed by atoms with Gasteiger partial charge < -0.3 is 9.88 Å². The van der Waals surface area contributed by atoms with E-state index < -0.39 is 0 Å². The van der Waals surface area contributed by atoms with Gasteiger partial charge in [0, 0.05) is 31.4 Å². The summed E-state index contributed by atoms with van der Waals surface area (Å²) in [5.41, 5.74) is 2.72. The Kier molecular flexibility index (Phi) is 5.36. The maximum absolute atomic E-state index is 4.49. The second-order valence-corrected chi connectivity index (χ2v) is 5.28. The van der Waals surface area contributed by atoms with Gasteiger partial charge in [0.2, 0.25) is 0 Å². The Balaban J connectivity index is 2.07. The van der Waals surface area contributed by atoms with Gasteiger partial charge in [-0.15, -0.1) is 0 Å². The van der Waals surface area contributed by atoms with Gasteiger partial charge >= 0.3 is 0 Å². The van der Waals surface area contributed by atoms with Crippen molar-refractivity contribution in [3.8, 4) is 0 Å². The molecule has 0 radical (unpaired) electrons. The molecule has 1 N–H and O–H groups in total. The zero-order chi connectivity index (χ0) is 14.4. The minimum atomic E-state index is 0.439. The molecule has 0 aliphatic heterocycles. The van der Waals surface area contributed by atoms with Crippen molar-refractivity contribution in [2.24, 2.45) is 0 Å². The van der Waals surface area contributed by atoms with Crippen molar-refractivity contribution in [2.45, 2.75) is 46.2 Å². The second kappa shape index (κ2) is 7.25. The summed E-state index contributed by atoms with van der Waals surface area (Å²) in [7, 11) is 0. The SMILES string of the molecule is CCNC(Cc1cccc(C)c1)Cc1nccn1CC. The Morgan fingerprint density at radius 2 is 2.10 bits per heavy atom. The molecule has 20 heavy (non-hydrogen) atoms. The first-order valence-electron chi connectivity index (χ1n) is 7.51. The van der Waals surface area contributed by atoms with E-state index in [0.29, 0.717) is 6.04 Å². The van der Waals surface area contributed by atoms with Crippen molar-refractivity contribution in [1.29, 1.82) is 0 Å². The van der Waals surface area contributed by atoms with Gasteiger partial charge in [0.1, 0.15) is 5.82 Å². The third-order valence-electron chi connectivity index (χ3n) is 3.63. The molecule has 0 saturated carbocycles. The Labute approximate surface area is 122 Å². The van der Waals surface area contributed by atoms with Crippen molar-refractivity contribution in [3.63, 3.8) is 0 Å². The topological polar surface area (TPSA) is 29.9 Å². The van der Waals surface area contributed by atoms with E-state index in [-0.39, 0.29) is 0 Å². The number of nitrogens with zero attached hydrogens (tertiary/aromatic N) is 2. The summed E-state index contributed by atoms with van der Waals surface area (Å²) < 4.78 is 2.22. The molecule has 1 heterocycles. The largest absolute Gasteiger partial charge is 0.335 e. The number of hydrogen-bond acceptors (Lipinski definition) is 2. The Morgan fingerprint density at radius 1 is 1.25 bits per heavy atom. The number of nitrogens with one attached hydrogen (secondary N) is 1. The van der Waals surface area contributed by atoms with E-state index in [1.54, 1.807) is 0 Å². The summed E-state index contributed by atoms with van der Waals surface area (Å²) in [6.45, 7) is 8.45. The minimum Gasteiger partial charge on any atom is -0.335 e. The highest BCUT2D eigenvalue weighted by Crippen LogP contribution is 2.10. The third kappa shape index (κ3) is 3.94. The maximum Gasteiger partial charge on any atom is 0.110 e. The Hall–Kier alpha value is -1.61. The van der Waals surface area contributed by atoms with Crippen LogP contribution in [0.1, 0.15) is 30.8 Å². The number of hydrogen-bond donors (Lipinski definition) is 1. The van der Waals surface area contributed by atoms with Crippen LogP contribution in [0.2, 0.25) is 0 Å². The summed E-state index contributed by atoms with van der Waals surface area (Å²) in [6.07, 6.45) is 5.98. The normalized spacial score (nSPS) is 12.6. The molecule has 1 aromatic carbocycles.